The molecule has 1 heterocycles. The van der Waals surface area contributed by atoms with Crippen molar-refractivity contribution in [1.82, 2.24) is 4.98 Å². The highest BCUT2D eigenvalue weighted by molar-refractivity contribution is 6.06. The number of nitriles is 1. The molecule has 5 heteroatoms. The summed E-state index contributed by atoms with van der Waals surface area (Å²) < 4.78 is 5.80. The van der Waals surface area contributed by atoms with Crippen molar-refractivity contribution in [3.8, 4) is 11.8 Å². The lowest BCUT2D eigenvalue weighted by molar-refractivity contribution is 0.102. The quantitative estimate of drug-likeness (QED) is 0.768. The Morgan fingerprint density at radius 3 is 2.52 bits per heavy atom. The van der Waals surface area contributed by atoms with Gasteiger partial charge in [0.1, 0.15) is 11.8 Å². The monoisotopic (exact) mass is 329 g/mol. The maximum atomic E-state index is 12.5. The van der Waals surface area contributed by atoms with Gasteiger partial charge in [0.2, 0.25) is 6.10 Å². The number of benzene rings is 2. The molecule has 2 aromatic carbocycles. The average Bonchev–Trinajstić information content (AvgIpc) is 2.68. The standard InChI is InChI=1S/C20H15N3O2/c21-13-19(15-7-2-1-3-8-15)25-18-11-5-4-10-17(18)20(24)23-16-9-6-12-22-14-16/h1-12,14,19H,(H,23,24). The molecule has 0 fully saturated rings. The zero-order chi connectivity index (χ0) is 17.5. The molecule has 3 rings (SSSR count). The summed E-state index contributed by atoms with van der Waals surface area (Å²) in [5.74, 6) is 0.0210. The van der Waals surface area contributed by atoms with Gasteiger partial charge in [-0.15, -0.1) is 0 Å². The molecule has 0 spiro atoms. The van der Waals surface area contributed by atoms with Crippen LogP contribution in [0.2, 0.25) is 0 Å². The van der Waals surface area contributed by atoms with Gasteiger partial charge in [0.05, 0.1) is 17.4 Å². The van der Waals surface area contributed by atoms with Crippen LogP contribution in [0.3, 0.4) is 0 Å². The number of hydrogen-bond acceptors (Lipinski definition) is 4. The van der Waals surface area contributed by atoms with Crippen LogP contribution in [0.5, 0.6) is 5.75 Å². The van der Waals surface area contributed by atoms with E-state index in [2.05, 4.69) is 16.4 Å². The van der Waals surface area contributed by atoms with Crippen molar-refractivity contribution in [3.05, 3.63) is 90.3 Å². The average molecular weight is 329 g/mol. The van der Waals surface area contributed by atoms with Crippen LogP contribution in [-0.4, -0.2) is 10.9 Å². The molecule has 1 aromatic heterocycles. The Hall–Kier alpha value is -3.65. The van der Waals surface area contributed by atoms with Crippen LogP contribution in [0, 0.1) is 11.3 Å². The molecule has 1 amide bonds. The number of carbonyl (C=O) groups excluding carboxylic acids is 1. The van der Waals surface area contributed by atoms with Crippen molar-refractivity contribution in [3.63, 3.8) is 0 Å². The first-order chi connectivity index (χ1) is 12.3. The minimum atomic E-state index is -0.798. The van der Waals surface area contributed by atoms with Crippen molar-refractivity contribution in [2.45, 2.75) is 6.10 Å². The molecular formula is C20H15N3O2. The number of aromatic nitrogens is 1. The van der Waals surface area contributed by atoms with E-state index in [0.717, 1.165) is 5.56 Å². The summed E-state index contributed by atoms with van der Waals surface area (Å²) in [4.78, 5) is 16.5. The molecule has 0 radical (unpaired) electrons. The molecule has 0 aliphatic rings. The van der Waals surface area contributed by atoms with Gasteiger partial charge >= 0.3 is 0 Å². The van der Waals surface area contributed by atoms with Crippen molar-refractivity contribution >= 4 is 11.6 Å². The van der Waals surface area contributed by atoms with E-state index in [0.29, 0.717) is 17.0 Å². The van der Waals surface area contributed by atoms with E-state index in [1.54, 1.807) is 48.8 Å². The summed E-state index contributed by atoms with van der Waals surface area (Å²) in [5.41, 5.74) is 1.66. The van der Waals surface area contributed by atoms with Crippen molar-refractivity contribution in [2.24, 2.45) is 0 Å². The van der Waals surface area contributed by atoms with Gasteiger partial charge in [-0.05, 0) is 24.3 Å². The molecule has 25 heavy (non-hydrogen) atoms. The van der Waals surface area contributed by atoms with Gasteiger partial charge in [0, 0.05) is 11.8 Å². The van der Waals surface area contributed by atoms with Crippen LogP contribution in [-0.2, 0) is 0 Å². The Morgan fingerprint density at radius 2 is 1.80 bits per heavy atom. The lowest BCUT2D eigenvalue weighted by Gasteiger charge is -2.15. The molecule has 1 N–H and O–H groups in total. The van der Waals surface area contributed by atoms with Crippen molar-refractivity contribution in [1.29, 1.82) is 5.26 Å². The molecule has 122 valence electrons. The topological polar surface area (TPSA) is 75.0 Å². The van der Waals surface area contributed by atoms with Crippen LogP contribution >= 0.6 is 0 Å². The third-order valence-electron chi connectivity index (χ3n) is 3.52. The molecule has 0 saturated carbocycles. The number of nitrogens with zero attached hydrogens (tertiary/aromatic N) is 2. The van der Waals surface area contributed by atoms with E-state index < -0.39 is 6.10 Å². The largest absolute Gasteiger partial charge is 0.470 e. The van der Waals surface area contributed by atoms with Gasteiger partial charge in [-0.1, -0.05) is 42.5 Å². The third-order valence-corrected chi connectivity index (χ3v) is 3.52. The summed E-state index contributed by atoms with van der Waals surface area (Å²) in [5, 5.41) is 12.2. The SMILES string of the molecule is N#CC(Oc1ccccc1C(=O)Nc1cccnc1)c1ccccc1. The number of nitrogens with one attached hydrogen (secondary N) is 1. The number of amides is 1. The van der Waals surface area contributed by atoms with Crippen LogP contribution in [0.4, 0.5) is 5.69 Å². The normalized spacial score (nSPS) is 11.2. The summed E-state index contributed by atoms with van der Waals surface area (Å²) in [7, 11) is 0. The van der Waals surface area contributed by atoms with E-state index in [9.17, 15) is 10.1 Å². The van der Waals surface area contributed by atoms with Gasteiger partial charge < -0.3 is 10.1 Å². The van der Waals surface area contributed by atoms with Gasteiger partial charge in [-0.25, -0.2) is 0 Å². The second-order valence-corrected chi connectivity index (χ2v) is 5.23. The highest BCUT2D eigenvalue weighted by Crippen LogP contribution is 2.26. The smallest absolute Gasteiger partial charge is 0.259 e. The first-order valence-corrected chi connectivity index (χ1v) is 7.69. The molecular weight excluding hydrogens is 314 g/mol. The maximum Gasteiger partial charge on any atom is 0.259 e. The predicted molar refractivity (Wildman–Crippen MR) is 94.1 cm³/mol. The zero-order valence-electron chi connectivity index (χ0n) is 13.3. The fraction of sp³-hybridized carbons (Fsp3) is 0.0500. The molecule has 1 atom stereocenters. The van der Waals surface area contributed by atoms with Gasteiger partial charge in [0.15, 0.2) is 0 Å². The Bertz CT molecular complexity index is 890. The molecule has 5 nitrogen and oxygen atoms in total. The highest BCUT2D eigenvalue weighted by Gasteiger charge is 2.17. The number of anilines is 1. The first-order valence-electron chi connectivity index (χ1n) is 7.69. The Balaban J connectivity index is 1.83. The Labute approximate surface area is 145 Å². The summed E-state index contributed by atoms with van der Waals surface area (Å²) in [6.07, 6.45) is 2.39. The fourth-order valence-corrected chi connectivity index (χ4v) is 2.32. The highest BCUT2D eigenvalue weighted by atomic mass is 16.5. The maximum absolute atomic E-state index is 12.5. The lowest BCUT2D eigenvalue weighted by Crippen LogP contribution is -2.15. The number of para-hydroxylation sites is 1. The number of ether oxygens (including phenoxy) is 1. The summed E-state index contributed by atoms with van der Waals surface area (Å²) >= 11 is 0. The molecule has 0 saturated heterocycles. The van der Waals surface area contributed by atoms with Crippen molar-refractivity contribution in [2.75, 3.05) is 5.32 Å². The second kappa shape index (κ2) is 7.75. The predicted octanol–water partition coefficient (Wildman–Crippen LogP) is 3.98. The van der Waals surface area contributed by atoms with Crippen LogP contribution in [0.1, 0.15) is 22.0 Å². The lowest BCUT2D eigenvalue weighted by atomic mass is 10.1. The summed E-state index contributed by atoms with van der Waals surface area (Å²) in [6, 6.07) is 21.6. The van der Waals surface area contributed by atoms with Gasteiger partial charge in [-0.2, -0.15) is 5.26 Å². The molecule has 3 aromatic rings. The van der Waals surface area contributed by atoms with Crippen molar-refractivity contribution < 1.29 is 9.53 Å². The number of carbonyl (C=O) groups is 1. The van der Waals surface area contributed by atoms with Gasteiger partial charge in [0.25, 0.3) is 5.91 Å². The fourth-order valence-electron chi connectivity index (χ4n) is 2.32. The van der Waals surface area contributed by atoms with E-state index in [-0.39, 0.29) is 5.91 Å². The number of pyridine rings is 1. The van der Waals surface area contributed by atoms with Crippen LogP contribution < -0.4 is 10.1 Å². The minimum Gasteiger partial charge on any atom is -0.470 e. The van der Waals surface area contributed by atoms with E-state index in [1.165, 1.54) is 0 Å². The van der Waals surface area contributed by atoms with Crippen LogP contribution in [0.25, 0.3) is 0 Å². The van der Waals surface area contributed by atoms with Gasteiger partial charge in [-0.3, -0.25) is 9.78 Å². The first kappa shape index (κ1) is 16.2. The molecule has 0 aliphatic carbocycles. The Kier molecular flexibility index (Phi) is 5.03. The Morgan fingerprint density at radius 1 is 1.04 bits per heavy atom. The van der Waals surface area contributed by atoms with E-state index in [4.69, 9.17) is 4.74 Å². The third kappa shape index (κ3) is 4.01. The molecule has 0 aliphatic heterocycles. The van der Waals surface area contributed by atoms with E-state index in [1.807, 2.05) is 30.3 Å². The summed E-state index contributed by atoms with van der Waals surface area (Å²) in [6.45, 7) is 0. The molecule has 0 bridgehead atoms. The molecule has 1 unspecified atom stereocenters. The van der Waals surface area contributed by atoms with E-state index >= 15 is 0 Å². The zero-order valence-corrected chi connectivity index (χ0v) is 13.3. The minimum absolute atomic E-state index is 0.326. The number of rotatable bonds is 5. The van der Waals surface area contributed by atoms with Crippen LogP contribution in [0.15, 0.2) is 79.1 Å². The number of hydrogen-bond donors (Lipinski definition) is 1. The second-order valence-electron chi connectivity index (χ2n) is 5.23.